The first-order chi connectivity index (χ1) is 8.83. The number of rotatable bonds is 10. The standard InChI is InChI=1S/C14H23NO3/c1-13-3-5-14(6-4-13)18-9-2-8-16-11-12-17-10-7-15/h3-6H,2,7-12,15H2,1H3. The maximum Gasteiger partial charge on any atom is 0.119 e. The minimum absolute atomic E-state index is 0.560. The summed E-state index contributed by atoms with van der Waals surface area (Å²) in [5, 5.41) is 0. The van der Waals surface area contributed by atoms with Crippen LogP contribution in [-0.4, -0.2) is 39.6 Å². The van der Waals surface area contributed by atoms with Gasteiger partial charge in [0.2, 0.25) is 0 Å². The molecule has 0 saturated carbocycles. The van der Waals surface area contributed by atoms with Gasteiger partial charge in [-0.3, -0.25) is 0 Å². The largest absolute Gasteiger partial charge is 0.494 e. The van der Waals surface area contributed by atoms with Crippen LogP contribution < -0.4 is 10.5 Å². The van der Waals surface area contributed by atoms with Crippen molar-refractivity contribution in [3.63, 3.8) is 0 Å². The molecule has 0 saturated heterocycles. The Morgan fingerprint density at radius 3 is 2.22 bits per heavy atom. The van der Waals surface area contributed by atoms with Gasteiger partial charge in [0.05, 0.1) is 26.4 Å². The summed E-state index contributed by atoms with van der Waals surface area (Å²) in [6.45, 7) is 5.81. The van der Waals surface area contributed by atoms with Gasteiger partial charge in [0.15, 0.2) is 0 Å². The van der Waals surface area contributed by atoms with Crippen molar-refractivity contribution in [2.75, 3.05) is 39.6 Å². The topological polar surface area (TPSA) is 53.7 Å². The molecule has 0 amide bonds. The van der Waals surface area contributed by atoms with Crippen molar-refractivity contribution < 1.29 is 14.2 Å². The molecule has 0 unspecified atom stereocenters. The predicted octanol–water partition coefficient (Wildman–Crippen LogP) is 1.76. The van der Waals surface area contributed by atoms with Gasteiger partial charge in [-0.1, -0.05) is 17.7 Å². The number of benzene rings is 1. The molecule has 1 aromatic carbocycles. The highest BCUT2D eigenvalue weighted by Crippen LogP contribution is 2.11. The molecule has 0 aliphatic rings. The van der Waals surface area contributed by atoms with Crippen LogP contribution in [0.15, 0.2) is 24.3 Å². The smallest absolute Gasteiger partial charge is 0.119 e. The van der Waals surface area contributed by atoms with Crippen molar-refractivity contribution in [3.05, 3.63) is 29.8 Å². The highest BCUT2D eigenvalue weighted by molar-refractivity contribution is 5.26. The van der Waals surface area contributed by atoms with E-state index in [1.54, 1.807) is 0 Å². The summed E-state index contributed by atoms with van der Waals surface area (Å²) in [5.74, 6) is 0.909. The van der Waals surface area contributed by atoms with Gasteiger partial charge < -0.3 is 19.9 Å². The van der Waals surface area contributed by atoms with Crippen LogP contribution in [0.5, 0.6) is 5.75 Å². The zero-order valence-corrected chi connectivity index (χ0v) is 11.1. The second-order valence-corrected chi connectivity index (χ2v) is 4.03. The van der Waals surface area contributed by atoms with Gasteiger partial charge in [-0.25, -0.2) is 0 Å². The molecule has 1 rings (SSSR count). The van der Waals surface area contributed by atoms with Crippen LogP contribution in [0.4, 0.5) is 0 Å². The third-order valence-electron chi connectivity index (χ3n) is 2.36. The SMILES string of the molecule is Cc1ccc(OCCCOCCOCCN)cc1. The molecule has 0 bridgehead atoms. The lowest BCUT2D eigenvalue weighted by Crippen LogP contribution is -2.12. The first-order valence-electron chi connectivity index (χ1n) is 6.38. The lowest BCUT2D eigenvalue weighted by atomic mass is 10.2. The molecule has 0 spiro atoms. The molecule has 102 valence electrons. The maximum atomic E-state index is 5.58. The lowest BCUT2D eigenvalue weighted by Gasteiger charge is -2.07. The summed E-state index contributed by atoms with van der Waals surface area (Å²) in [6, 6.07) is 8.05. The predicted molar refractivity (Wildman–Crippen MR) is 72.0 cm³/mol. The van der Waals surface area contributed by atoms with E-state index < -0.39 is 0 Å². The quantitative estimate of drug-likeness (QED) is 0.646. The molecule has 2 N–H and O–H groups in total. The molecule has 4 nitrogen and oxygen atoms in total. The van der Waals surface area contributed by atoms with Crippen molar-refractivity contribution in [3.8, 4) is 5.75 Å². The average Bonchev–Trinajstić information content (AvgIpc) is 2.39. The Morgan fingerprint density at radius 1 is 0.889 bits per heavy atom. The van der Waals surface area contributed by atoms with E-state index in [0.29, 0.717) is 39.6 Å². The molecule has 0 aromatic heterocycles. The van der Waals surface area contributed by atoms with E-state index in [0.717, 1.165) is 12.2 Å². The number of hydrogen-bond donors (Lipinski definition) is 1. The van der Waals surface area contributed by atoms with Gasteiger partial charge in [-0.15, -0.1) is 0 Å². The molecule has 18 heavy (non-hydrogen) atoms. The Kier molecular flexibility index (Phi) is 8.21. The summed E-state index contributed by atoms with van der Waals surface area (Å²) in [4.78, 5) is 0. The minimum atomic E-state index is 0.560. The fourth-order valence-electron chi connectivity index (χ4n) is 1.39. The highest BCUT2D eigenvalue weighted by atomic mass is 16.5. The number of hydrogen-bond acceptors (Lipinski definition) is 4. The molecular formula is C14H23NO3. The van der Waals surface area contributed by atoms with Gasteiger partial charge in [0, 0.05) is 19.6 Å². The maximum absolute atomic E-state index is 5.58. The van der Waals surface area contributed by atoms with Crippen molar-refractivity contribution in [1.82, 2.24) is 0 Å². The number of nitrogens with two attached hydrogens (primary N) is 1. The molecule has 1 aromatic rings. The van der Waals surface area contributed by atoms with E-state index >= 15 is 0 Å². The van der Waals surface area contributed by atoms with Crippen LogP contribution in [0.3, 0.4) is 0 Å². The molecule has 4 heteroatoms. The molecule has 0 heterocycles. The normalized spacial score (nSPS) is 10.6. The van der Waals surface area contributed by atoms with Crippen molar-refractivity contribution in [2.45, 2.75) is 13.3 Å². The molecule has 0 atom stereocenters. The Hall–Kier alpha value is -1.10. The summed E-state index contributed by atoms with van der Waals surface area (Å²) < 4.78 is 16.2. The fourth-order valence-corrected chi connectivity index (χ4v) is 1.39. The summed E-state index contributed by atoms with van der Waals surface area (Å²) in [5.41, 5.74) is 6.53. The molecule has 0 radical (unpaired) electrons. The second-order valence-electron chi connectivity index (χ2n) is 4.03. The average molecular weight is 253 g/mol. The van der Waals surface area contributed by atoms with Gasteiger partial charge in [-0.2, -0.15) is 0 Å². The summed E-state index contributed by atoms with van der Waals surface area (Å²) in [6.07, 6.45) is 0.880. The molecule has 0 aliphatic heterocycles. The van der Waals surface area contributed by atoms with E-state index in [9.17, 15) is 0 Å². The lowest BCUT2D eigenvalue weighted by molar-refractivity contribution is 0.0463. The first-order valence-corrected chi connectivity index (χ1v) is 6.38. The van der Waals surface area contributed by atoms with E-state index in [2.05, 4.69) is 6.92 Å². The van der Waals surface area contributed by atoms with Crippen LogP contribution in [0.1, 0.15) is 12.0 Å². The van der Waals surface area contributed by atoms with Crippen LogP contribution in [0, 0.1) is 6.92 Å². The number of aryl methyl sites for hydroxylation is 1. The molecule has 0 fully saturated rings. The van der Waals surface area contributed by atoms with E-state index in [4.69, 9.17) is 19.9 Å². The van der Waals surface area contributed by atoms with Crippen LogP contribution >= 0.6 is 0 Å². The molecular weight excluding hydrogens is 230 g/mol. The van der Waals surface area contributed by atoms with Crippen molar-refractivity contribution in [1.29, 1.82) is 0 Å². The molecule has 0 aliphatic carbocycles. The Morgan fingerprint density at radius 2 is 1.56 bits per heavy atom. The Labute approximate surface area is 109 Å². The van der Waals surface area contributed by atoms with E-state index in [-0.39, 0.29) is 0 Å². The van der Waals surface area contributed by atoms with Crippen molar-refractivity contribution >= 4 is 0 Å². The van der Waals surface area contributed by atoms with E-state index in [1.807, 2.05) is 24.3 Å². The van der Waals surface area contributed by atoms with Crippen molar-refractivity contribution in [2.24, 2.45) is 5.73 Å². The van der Waals surface area contributed by atoms with Crippen LogP contribution in [0.25, 0.3) is 0 Å². The Bertz CT molecular complexity index is 300. The van der Waals surface area contributed by atoms with Gasteiger partial charge in [0.1, 0.15) is 5.75 Å². The van der Waals surface area contributed by atoms with Gasteiger partial charge in [0.25, 0.3) is 0 Å². The number of ether oxygens (including phenoxy) is 3. The highest BCUT2D eigenvalue weighted by Gasteiger charge is 1.94. The second kappa shape index (κ2) is 9.88. The third kappa shape index (κ3) is 7.27. The Balaban J connectivity index is 1.91. The summed E-state index contributed by atoms with van der Waals surface area (Å²) in [7, 11) is 0. The zero-order chi connectivity index (χ0) is 13.1. The monoisotopic (exact) mass is 253 g/mol. The van der Waals surface area contributed by atoms with Crippen LogP contribution in [-0.2, 0) is 9.47 Å². The first kappa shape index (κ1) is 15.0. The minimum Gasteiger partial charge on any atom is -0.494 e. The van der Waals surface area contributed by atoms with Crippen LogP contribution in [0.2, 0.25) is 0 Å². The zero-order valence-electron chi connectivity index (χ0n) is 11.1. The fraction of sp³-hybridized carbons (Fsp3) is 0.571. The van der Waals surface area contributed by atoms with E-state index in [1.165, 1.54) is 5.56 Å². The summed E-state index contributed by atoms with van der Waals surface area (Å²) >= 11 is 0. The van der Waals surface area contributed by atoms with Gasteiger partial charge in [-0.05, 0) is 19.1 Å². The van der Waals surface area contributed by atoms with Gasteiger partial charge >= 0.3 is 0 Å². The third-order valence-corrected chi connectivity index (χ3v) is 2.36.